The number of aromatic carboxylic acids is 1. The number of carboxylic acid groups (broad SMARTS) is 1. The SMILES string of the molecule is CCn1nc(C(=O)O)cc1C(=O)OC. The van der Waals surface area contributed by atoms with Crippen molar-refractivity contribution in [2.45, 2.75) is 13.5 Å². The Bertz CT molecular complexity index is 369. The maximum Gasteiger partial charge on any atom is 0.356 e. The van der Waals surface area contributed by atoms with Crippen molar-refractivity contribution in [2.75, 3.05) is 7.11 Å². The Morgan fingerprint density at radius 3 is 2.71 bits per heavy atom. The van der Waals surface area contributed by atoms with Crippen molar-refractivity contribution in [3.8, 4) is 0 Å². The van der Waals surface area contributed by atoms with Gasteiger partial charge in [-0.3, -0.25) is 4.68 Å². The van der Waals surface area contributed by atoms with Gasteiger partial charge in [0.15, 0.2) is 5.69 Å². The smallest absolute Gasteiger partial charge is 0.356 e. The summed E-state index contributed by atoms with van der Waals surface area (Å²) in [5.74, 6) is -1.76. The molecule has 1 aromatic heterocycles. The molecule has 0 amide bonds. The number of aryl methyl sites for hydroxylation is 1. The summed E-state index contributed by atoms with van der Waals surface area (Å²) in [6, 6.07) is 1.19. The van der Waals surface area contributed by atoms with Crippen molar-refractivity contribution in [2.24, 2.45) is 0 Å². The molecule has 0 unspecified atom stereocenters. The van der Waals surface area contributed by atoms with Crippen LogP contribution in [0.2, 0.25) is 0 Å². The second-order valence-electron chi connectivity index (χ2n) is 2.53. The summed E-state index contributed by atoms with van der Waals surface area (Å²) >= 11 is 0. The number of carboxylic acids is 1. The fourth-order valence-electron chi connectivity index (χ4n) is 1.03. The fourth-order valence-corrected chi connectivity index (χ4v) is 1.03. The Labute approximate surface area is 80.1 Å². The van der Waals surface area contributed by atoms with Crippen LogP contribution < -0.4 is 0 Å². The van der Waals surface area contributed by atoms with Gasteiger partial charge in [-0.1, -0.05) is 0 Å². The Balaban J connectivity index is 3.15. The van der Waals surface area contributed by atoms with Gasteiger partial charge in [-0.2, -0.15) is 5.10 Å². The fraction of sp³-hybridized carbons (Fsp3) is 0.375. The summed E-state index contributed by atoms with van der Waals surface area (Å²) in [5.41, 5.74) is -0.0142. The Morgan fingerprint density at radius 2 is 2.29 bits per heavy atom. The molecule has 0 aliphatic carbocycles. The van der Waals surface area contributed by atoms with Crippen LogP contribution in [0.4, 0.5) is 0 Å². The molecule has 0 bridgehead atoms. The van der Waals surface area contributed by atoms with Crippen LogP contribution >= 0.6 is 0 Å². The van der Waals surface area contributed by atoms with E-state index in [-0.39, 0.29) is 11.4 Å². The first-order valence-electron chi connectivity index (χ1n) is 3.99. The minimum Gasteiger partial charge on any atom is -0.476 e. The molecule has 1 aromatic rings. The van der Waals surface area contributed by atoms with E-state index in [4.69, 9.17) is 5.11 Å². The third-order valence-corrected chi connectivity index (χ3v) is 1.69. The normalized spacial score (nSPS) is 9.86. The van der Waals surface area contributed by atoms with Gasteiger partial charge in [0.2, 0.25) is 0 Å². The summed E-state index contributed by atoms with van der Waals surface area (Å²) < 4.78 is 5.77. The standard InChI is InChI=1S/C8H10N2O4/c1-3-10-6(8(13)14-2)4-5(9-10)7(11)12/h4H,3H2,1-2H3,(H,11,12). The molecule has 0 atom stereocenters. The predicted molar refractivity (Wildman–Crippen MR) is 46.2 cm³/mol. The maximum absolute atomic E-state index is 11.2. The van der Waals surface area contributed by atoms with E-state index in [1.54, 1.807) is 6.92 Å². The van der Waals surface area contributed by atoms with Gasteiger partial charge in [0.1, 0.15) is 5.69 Å². The number of methoxy groups -OCH3 is 1. The van der Waals surface area contributed by atoms with Crippen molar-refractivity contribution in [3.05, 3.63) is 17.5 Å². The number of hydrogen-bond acceptors (Lipinski definition) is 4. The van der Waals surface area contributed by atoms with Crippen LogP contribution in [0.1, 0.15) is 27.9 Å². The summed E-state index contributed by atoms with van der Waals surface area (Å²) in [4.78, 5) is 21.7. The minimum atomic E-state index is -1.16. The lowest BCUT2D eigenvalue weighted by atomic mass is 10.3. The van der Waals surface area contributed by atoms with Crippen LogP contribution in [0, 0.1) is 0 Å². The average molecular weight is 198 g/mol. The van der Waals surface area contributed by atoms with E-state index in [0.29, 0.717) is 6.54 Å². The van der Waals surface area contributed by atoms with Gasteiger partial charge >= 0.3 is 11.9 Å². The number of aromatic nitrogens is 2. The van der Waals surface area contributed by atoms with Crippen molar-refractivity contribution in [1.82, 2.24) is 9.78 Å². The van der Waals surface area contributed by atoms with E-state index in [9.17, 15) is 9.59 Å². The third kappa shape index (κ3) is 1.73. The molecule has 0 aliphatic rings. The molecule has 76 valence electrons. The molecule has 0 fully saturated rings. The molecular formula is C8H10N2O4. The number of carbonyl (C=O) groups is 2. The number of hydrogen-bond donors (Lipinski definition) is 1. The van der Waals surface area contributed by atoms with Crippen LogP contribution in [0.3, 0.4) is 0 Å². The van der Waals surface area contributed by atoms with Gasteiger partial charge in [0.25, 0.3) is 0 Å². The molecule has 1 heterocycles. The number of nitrogens with zero attached hydrogens (tertiary/aromatic N) is 2. The van der Waals surface area contributed by atoms with E-state index in [1.165, 1.54) is 17.9 Å². The quantitative estimate of drug-likeness (QED) is 0.710. The number of ether oxygens (including phenoxy) is 1. The van der Waals surface area contributed by atoms with Crippen LogP contribution in [0.15, 0.2) is 6.07 Å². The molecular weight excluding hydrogens is 188 g/mol. The summed E-state index contributed by atoms with van der Waals surface area (Å²) in [7, 11) is 1.23. The highest BCUT2D eigenvalue weighted by molar-refractivity contribution is 5.92. The third-order valence-electron chi connectivity index (χ3n) is 1.69. The summed E-state index contributed by atoms with van der Waals surface area (Å²) in [6.07, 6.45) is 0. The number of esters is 1. The van der Waals surface area contributed by atoms with Gasteiger partial charge in [0.05, 0.1) is 7.11 Å². The molecule has 1 rings (SSSR count). The van der Waals surface area contributed by atoms with E-state index in [1.807, 2.05) is 0 Å². The van der Waals surface area contributed by atoms with Crippen LogP contribution in [0.5, 0.6) is 0 Å². The van der Waals surface area contributed by atoms with E-state index >= 15 is 0 Å². The first kappa shape index (κ1) is 10.2. The van der Waals surface area contributed by atoms with E-state index in [2.05, 4.69) is 9.84 Å². The van der Waals surface area contributed by atoms with Crippen molar-refractivity contribution >= 4 is 11.9 Å². The highest BCUT2D eigenvalue weighted by Gasteiger charge is 2.17. The predicted octanol–water partition coefficient (Wildman–Crippen LogP) is 0.388. The van der Waals surface area contributed by atoms with Crippen LogP contribution in [0.25, 0.3) is 0 Å². The second-order valence-corrected chi connectivity index (χ2v) is 2.53. The molecule has 14 heavy (non-hydrogen) atoms. The summed E-state index contributed by atoms with van der Waals surface area (Å²) in [6.45, 7) is 2.17. The van der Waals surface area contributed by atoms with Crippen molar-refractivity contribution < 1.29 is 19.4 Å². The molecule has 1 N–H and O–H groups in total. The molecule has 0 aromatic carbocycles. The topological polar surface area (TPSA) is 81.4 Å². The number of carbonyl (C=O) groups excluding carboxylic acids is 1. The van der Waals surface area contributed by atoms with Gasteiger partial charge in [-0.25, -0.2) is 9.59 Å². The van der Waals surface area contributed by atoms with Crippen molar-refractivity contribution in [3.63, 3.8) is 0 Å². The molecule has 0 saturated carbocycles. The molecule has 0 radical (unpaired) electrons. The van der Waals surface area contributed by atoms with Gasteiger partial charge < -0.3 is 9.84 Å². The molecule has 0 spiro atoms. The molecule has 0 aliphatic heterocycles. The second kappa shape index (κ2) is 3.91. The lowest BCUT2D eigenvalue weighted by Gasteiger charge is -2.00. The summed E-state index contributed by atoms with van der Waals surface area (Å²) in [5, 5.41) is 12.4. The average Bonchev–Trinajstić information content (AvgIpc) is 2.60. The Morgan fingerprint density at radius 1 is 1.64 bits per heavy atom. The zero-order valence-corrected chi connectivity index (χ0v) is 7.85. The highest BCUT2D eigenvalue weighted by Crippen LogP contribution is 2.06. The Hall–Kier alpha value is -1.85. The van der Waals surface area contributed by atoms with E-state index in [0.717, 1.165) is 0 Å². The maximum atomic E-state index is 11.2. The van der Waals surface area contributed by atoms with Crippen LogP contribution in [-0.4, -0.2) is 33.9 Å². The molecule has 6 heteroatoms. The zero-order valence-electron chi connectivity index (χ0n) is 7.85. The van der Waals surface area contributed by atoms with Gasteiger partial charge in [0, 0.05) is 12.6 Å². The van der Waals surface area contributed by atoms with E-state index < -0.39 is 11.9 Å². The zero-order chi connectivity index (χ0) is 10.7. The lowest BCUT2D eigenvalue weighted by molar-refractivity contribution is 0.0586. The monoisotopic (exact) mass is 198 g/mol. The van der Waals surface area contributed by atoms with Crippen LogP contribution in [-0.2, 0) is 11.3 Å². The highest BCUT2D eigenvalue weighted by atomic mass is 16.5. The first-order chi connectivity index (χ1) is 6.60. The molecule has 6 nitrogen and oxygen atoms in total. The van der Waals surface area contributed by atoms with Crippen molar-refractivity contribution in [1.29, 1.82) is 0 Å². The lowest BCUT2D eigenvalue weighted by Crippen LogP contribution is -2.10. The Kier molecular flexibility index (Phi) is 2.85. The largest absolute Gasteiger partial charge is 0.476 e. The van der Waals surface area contributed by atoms with Gasteiger partial charge in [-0.05, 0) is 6.92 Å². The first-order valence-corrected chi connectivity index (χ1v) is 3.99. The minimum absolute atomic E-state index is 0.146. The number of rotatable bonds is 3. The van der Waals surface area contributed by atoms with Gasteiger partial charge in [-0.15, -0.1) is 0 Å². The molecule has 0 saturated heterocycles.